The molecule has 0 unspecified atom stereocenters. The van der Waals surface area contributed by atoms with Crippen LogP contribution in [0, 0.1) is 6.92 Å². The van der Waals surface area contributed by atoms with Gasteiger partial charge in [-0.2, -0.15) is 0 Å². The quantitative estimate of drug-likeness (QED) is 0.326. The molecule has 1 N–H and O–H groups in total. The van der Waals surface area contributed by atoms with Crippen molar-refractivity contribution < 1.29 is 32.2 Å². The van der Waals surface area contributed by atoms with Gasteiger partial charge in [0.05, 0.1) is 39.0 Å². The van der Waals surface area contributed by atoms with E-state index in [2.05, 4.69) is 5.32 Å². The molecule has 0 aliphatic rings. The maximum atomic E-state index is 13.6. The number of amides is 1. The SMILES string of the molecule is COc1ccc(CCCNC(=O)CN(c2ccc(OC)c(OC)c2)S(=O)(=O)c2ccc(C)cc2)cc1OC. The molecule has 0 aliphatic carbocycles. The van der Waals surface area contributed by atoms with Gasteiger partial charge < -0.3 is 24.3 Å². The number of sulfonamides is 1. The molecule has 0 spiro atoms. The Hall–Kier alpha value is -3.92. The molecule has 0 saturated heterocycles. The molecule has 0 atom stereocenters. The van der Waals surface area contributed by atoms with Crippen LogP contribution in [0.4, 0.5) is 5.69 Å². The summed E-state index contributed by atoms with van der Waals surface area (Å²) in [6.45, 7) is 1.84. The number of methoxy groups -OCH3 is 4. The van der Waals surface area contributed by atoms with Crippen LogP contribution in [0.3, 0.4) is 0 Å². The Morgan fingerprint density at radius 3 is 1.97 bits per heavy atom. The van der Waals surface area contributed by atoms with E-state index in [1.807, 2.05) is 25.1 Å². The van der Waals surface area contributed by atoms with E-state index >= 15 is 0 Å². The van der Waals surface area contributed by atoms with Gasteiger partial charge in [0.15, 0.2) is 23.0 Å². The van der Waals surface area contributed by atoms with Crippen LogP contribution < -0.4 is 28.6 Å². The molecule has 0 heterocycles. The zero-order chi connectivity index (χ0) is 27.7. The van der Waals surface area contributed by atoms with Gasteiger partial charge in [-0.3, -0.25) is 9.10 Å². The lowest BCUT2D eigenvalue weighted by Crippen LogP contribution is -2.41. The fourth-order valence-electron chi connectivity index (χ4n) is 3.88. The van der Waals surface area contributed by atoms with Crippen LogP contribution in [0.5, 0.6) is 23.0 Å². The molecule has 0 aliphatic heterocycles. The molecule has 9 nitrogen and oxygen atoms in total. The van der Waals surface area contributed by atoms with E-state index in [4.69, 9.17) is 18.9 Å². The summed E-state index contributed by atoms with van der Waals surface area (Å²) in [5.74, 6) is 1.66. The van der Waals surface area contributed by atoms with E-state index in [0.717, 1.165) is 15.4 Å². The number of ether oxygens (including phenoxy) is 4. The second-order valence-electron chi connectivity index (χ2n) is 8.51. The highest BCUT2D eigenvalue weighted by atomic mass is 32.2. The molecule has 0 fully saturated rings. The third-order valence-electron chi connectivity index (χ3n) is 5.96. The van der Waals surface area contributed by atoms with Gasteiger partial charge in [0.2, 0.25) is 5.91 Å². The fourth-order valence-corrected chi connectivity index (χ4v) is 5.29. The summed E-state index contributed by atoms with van der Waals surface area (Å²) in [7, 11) is 2.07. The third kappa shape index (κ3) is 6.89. The van der Waals surface area contributed by atoms with Crippen LogP contribution >= 0.6 is 0 Å². The minimum atomic E-state index is -4.05. The molecule has 3 rings (SSSR count). The van der Waals surface area contributed by atoms with Crippen molar-refractivity contribution in [3.8, 4) is 23.0 Å². The number of carbonyl (C=O) groups is 1. The van der Waals surface area contributed by atoms with Crippen LogP contribution in [0.1, 0.15) is 17.5 Å². The number of hydrogen-bond acceptors (Lipinski definition) is 7. The normalized spacial score (nSPS) is 11.0. The largest absolute Gasteiger partial charge is 0.493 e. The molecule has 0 aromatic heterocycles. The molecular weight excluding hydrogens is 508 g/mol. The van der Waals surface area contributed by atoms with Gasteiger partial charge in [-0.1, -0.05) is 23.8 Å². The standard InChI is InChI=1S/C28H34N2O7S/c1-20-8-12-23(13-9-20)38(32,33)30(22-11-15-25(35-3)27(18-22)37-5)19-28(31)29-16-6-7-21-10-14-24(34-2)26(17-21)36-4/h8-15,17-18H,6-7,16,19H2,1-5H3,(H,29,31). The van der Waals surface area contributed by atoms with Gasteiger partial charge >= 0.3 is 0 Å². The van der Waals surface area contributed by atoms with Crippen LogP contribution in [0.2, 0.25) is 0 Å². The number of aryl methyl sites for hydroxylation is 2. The van der Waals surface area contributed by atoms with Crippen LogP contribution in [0.15, 0.2) is 65.6 Å². The number of rotatable bonds is 13. The molecule has 1 amide bonds. The van der Waals surface area contributed by atoms with Crippen LogP contribution in [0.25, 0.3) is 0 Å². The smallest absolute Gasteiger partial charge is 0.264 e. The van der Waals surface area contributed by atoms with Crippen LogP contribution in [-0.4, -0.2) is 55.9 Å². The van der Waals surface area contributed by atoms with Gasteiger partial charge in [-0.25, -0.2) is 8.42 Å². The Morgan fingerprint density at radius 2 is 1.37 bits per heavy atom. The average molecular weight is 543 g/mol. The number of benzene rings is 3. The second-order valence-corrected chi connectivity index (χ2v) is 10.4. The van der Waals surface area contributed by atoms with Crippen molar-refractivity contribution in [1.82, 2.24) is 5.32 Å². The monoisotopic (exact) mass is 542 g/mol. The van der Waals surface area contributed by atoms with Crippen molar-refractivity contribution in [3.63, 3.8) is 0 Å². The molecule has 0 saturated carbocycles. The first-order valence-corrected chi connectivity index (χ1v) is 13.5. The van der Waals surface area contributed by atoms with Gasteiger partial charge in [0, 0.05) is 12.6 Å². The van der Waals surface area contributed by atoms with Crippen molar-refractivity contribution >= 4 is 21.6 Å². The summed E-state index contributed by atoms with van der Waals surface area (Å²) < 4.78 is 49.5. The van der Waals surface area contributed by atoms with Gasteiger partial charge in [-0.05, 0) is 61.7 Å². The van der Waals surface area contributed by atoms with Crippen molar-refractivity contribution in [1.29, 1.82) is 0 Å². The maximum absolute atomic E-state index is 13.6. The first-order valence-electron chi connectivity index (χ1n) is 12.0. The van der Waals surface area contributed by atoms with E-state index in [1.54, 1.807) is 38.5 Å². The molecule has 3 aromatic carbocycles. The lowest BCUT2D eigenvalue weighted by molar-refractivity contribution is -0.119. The van der Waals surface area contributed by atoms with E-state index < -0.39 is 22.5 Å². The van der Waals surface area contributed by atoms with Crippen LogP contribution in [-0.2, 0) is 21.2 Å². The summed E-state index contributed by atoms with van der Waals surface area (Å²) in [4.78, 5) is 13.0. The highest BCUT2D eigenvalue weighted by Crippen LogP contribution is 2.34. The molecule has 10 heteroatoms. The number of nitrogens with zero attached hydrogens (tertiary/aromatic N) is 1. The Bertz CT molecular complexity index is 1340. The molecular formula is C28H34N2O7S. The van der Waals surface area contributed by atoms with Crippen molar-refractivity contribution in [3.05, 3.63) is 71.8 Å². The molecule has 0 bridgehead atoms. The highest BCUT2D eigenvalue weighted by molar-refractivity contribution is 7.92. The summed E-state index contributed by atoms with van der Waals surface area (Å²) in [5, 5.41) is 2.83. The molecule has 3 aromatic rings. The van der Waals surface area contributed by atoms with E-state index in [-0.39, 0.29) is 10.6 Å². The highest BCUT2D eigenvalue weighted by Gasteiger charge is 2.28. The molecule has 204 valence electrons. The Balaban J connectivity index is 1.75. The first-order chi connectivity index (χ1) is 18.2. The number of anilines is 1. The van der Waals surface area contributed by atoms with Gasteiger partial charge in [0.25, 0.3) is 10.0 Å². The molecule has 38 heavy (non-hydrogen) atoms. The summed E-state index contributed by atoms with van der Waals surface area (Å²) >= 11 is 0. The van der Waals surface area contributed by atoms with Gasteiger partial charge in [0.1, 0.15) is 6.54 Å². The Labute approximate surface area is 224 Å². The number of hydrogen-bond donors (Lipinski definition) is 1. The summed E-state index contributed by atoms with van der Waals surface area (Å²) in [6, 6.07) is 16.9. The van der Waals surface area contributed by atoms with Crippen molar-refractivity contribution in [2.24, 2.45) is 0 Å². The zero-order valence-corrected chi connectivity index (χ0v) is 23.1. The minimum absolute atomic E-state index is 0.0825. The van der Waals surface area contributed by atoms with Gasteiger partial charge in [-0.15, -0.1) is 0 Å². The van der Waals surface area contributed by atoms with E-state index in [9.17, 15) is 13.2 Å². The first kappa shape index (κ1) is 28.6. The topological polar surface area (TPSA) is 103 Å². The predicted octanol–water partition coefficient (Wildman–Crippen LogP) is 3.97. The lowest BCUT2D eigenvalue weighted by atomic mass is 10.1. The number of nitrogens with one attached hydrogen (secondary N) is 1. The summed E-state index contributed by atoms with van der Waals surface area (Å²) in [5.41, 5.74) is 2.24. The van der Waals surface area contributed by atoms with Crippen molar-refractivity contribution in [2.75, 3.05) is 45.8 Å². The lowest BCUT2D eigenvalue weighted by Gasteiger charge is -2.25. The van der Waals surface area contributed by atoms with Crippen molar-refractivity contribution in [2.45, 2.75) is 24.7 Å². The second kappa shape index (κ2) is 13.0. The fraction of sp³-hybridized carbons (Fsp3) is 0.321. The third-order valence-corrected chi connectivity index (χ3v) is 7.75. The average Bonchev–Trinajstić information content (AvgIpc) is 2.93. The zero-order valence-electron chi connectivity index (χ0n) is 22.3. The van der Waals surface area contributed by atoms with E-state index in [1.165, 1.54) is 32.4 Å². The Kier molecular flexibility index (Phi) is 9.84. The molecule has 0 radical (unpaired) electrons. The maximum Gasteiger partial charge on any atom is 0.264 e. The van der Waals surface area contributed by atoms with E-state index in [0.29, 0.717) is 42.4 Å². The number of carbonyl (C=O) groups excluding carboxylic acids is 1. The minimum Gasteiger partial charge on any atom is -0.493 e. The predicted molar refractivity (Wildman–Crippen MR) is 146 cm³/mol. The Morgan fingerprint density at radius 1 is 0.789 bits per heavy atom. The summed E-state index contributed by atoms with van der Waals surface area (Å²) in [6.07, 6.45) is 1.35.